The summed E-state index contributed by atoms with van der Waals surface area (Å²) in [5.74, 6) is -3.45. The topological polar surface area (TPSA) is 71.1 Å². The molecule has 2 saturated heterocycles. The van der Waals surface area contributed by atoms with Crippen LogP contribution in [-0.4, -0.2) is 70.8 Å². The number of ether oxygens (including phenoxy) is 2. The fourth-order valence-electron chi connectivity index (χ4n) is 3.51. The number of hydrogen-bond acceptors (Lipinski definition) is 6. The summed E-state index contributed by atoms with van der Waals surface area (Å²) in [6.45, 7) is 13.7. The summed E-state index contributed by atoms with van der Waals surface area (Å²) in [5.41, 5.74) is 0.776. The zero-order valence-corrected chi connectivity index (χ0v) is 18.8. The lowest BCUT2D eigenvalue weighted by atomic mass is 9.89. The third kappa shape index (κ3) is 5.78. The van der Waals surface area contributed by atoms with Crippen LogP contribution in [0.5, 0.6) is 0 Å². The van der Waals surface area contributed by atoms with Crippen LogP contribution in [0.3, 0.4) is 0 Å². The van der Waals surface area contributed by atoms with E-state index in [1.165, 1.54) is 5.01 Å². The van der Waals surface area contributed by atoms with Gasteiger partial charge in [0.25, 0.3) is 5.92 Å². The zero-order chi connectivity index (χ0) is 22.4. The number of carbonyl (C=O) groups is 2. The Hall–Kier alpha value is -1.48. The molecule has 2 fully saturated rings. The number of rotatable bonds is 4. The fraction of sp³-hybridized carbons (Fsp3) is 0.900. The number of hydrazine groups is 1. The van der Waals surface area contributed by atoms with E-state index >= 15 is 0 Å². The molecule has 9 heteroatoms. The van der Waals surface area contributed by atoms with Crippen molar-refractivity contribution in [3.05, 3.63) is 0 Å². The van der Waals surface area contributed by atoms with E-state index in [1.54, 1.807) is 55.4 Å². The third-order valence-electron chi connectivity index (χ3n) is 4.98. The van der Waals surface area contributed by atoms with Crippen molar-refractivity contribution in [3.8, 4) is 0 Å². The second-order valence-corrected chi connectivity index (χ2v) is 10.6. The van der Waals surface area contributed by atoms with Crippen molar-refractivity contribution >= 4 is 12.1 Å². The molecule has 0 aromatic rings. The number of esters is 1. The molecule has 2 atom stereocenters. The molecule has 0 bridgehead atoms. The van der Waals surface area contributed by atoms with Gasteiger partial charge in [0.1, 0.15) is 17.2 Å². The van der Waals surface area contributed by atoms with Gasteiger partial charge in [0.2, 0.25) is 0 Å². The Morgan fingerprint density at radius 3 is 2.10 bits per heavy atom. The Morgan fingerprint density at radius 1 is 1.03 bits per heavy atom. The SMILES string of the molecule is CC(C)(C)OC(=O)N1CC(F)(F)C2C1CNN2CCC(C)(C)C(=O)OC(C)(C)C. The number of likely N-dealkylation sites (tertiary alicyclic amines) is 1. The molecule has 1 N–H and O–H groups in total. The molecule has 0 radical (unpaired) electrons. The summed E-state index contributed by atoms with van der Waals surface area (Å²) in [7, 11) is 0. The maximum atomic E-state index is 14.8. The number of nitrogens with one attached hydrogen (secondary N) is 1. The Kier molecular flexibility index (Phi) is 6.28. The van der Waals surface area contributed by atoms with Crippen LogP contribution < -0.4 is 5.43 Å². The highest BCUT2D eigenvalue weighted by atomic mass is 19.3. The van der Waals surface area contributed by atoms with E-state index in [2.05, 4.69) is 5.43 Å². The standard InChI is InChI=1S/C20H35F2N3O4/c1-17(2,3)28-15(26)19(7,8)9-10-25-14-13(11-23-25)24(12-20(14,21)22)16(27)29-18(4,5)6/h13-14,23H,9-12H2,1-8H3. The lowest BCUT2D eigenvalue weighted by Gasteiger charge is -2.32. The Bertz CT molecular complexity index is 641. The quantitative estimate of drug-likeness (QED) is 0.706. The average Bonchev–Trinajstić information content (AvgIpc) is 3.02. The smallest absolute Gasteiger partial charge is 0.410 e. The van der Waals surface area contributed by atoms with E-state index in [4.69, 9.17) is 9.47 Å². The molecule has 2 rings (SSSR count). The number of halogens is 2. The van der Waals surface area contributed by atoms with Crippen LogP contribution in [0, 0.1) is 5.41 Å². The summed E-state index contributed by atoms with van der Waals surface area (Å²) in [5, 5.41) is 1.46. The van der Waals surface area contributed by atoms with Gasteiger partial charge in [0, 0.05) is 13.1 Å². The van der Waals surface area contributed by atoms with Gasteiger partial charge in [-0.3, -0.25) is 15.1 Å². The highest BCUT2D eigenvalue weighted by Gasteiger charge is 2.61. The van der Waals surface area contributed by atoms with E-state index < -0.39 is 47.3 Å². The molecule has 2 aliphatic heterocycles. The molecule has 2 aliphatic rings. The van der Waals surface area contributed by atoms with Crippen LogP contribution in [0.25, 0.3) is 0 Å². The van der Waals surface area contributed by atoms with E-state index in [1.807, 2.05) is 0 Å². The van der Waals surface area contributed by atoms with E-state index in [9.17, 15) is 18.4 Å². The second-order valence-electron chi connectivity index (χ2n) is 10.6. The predicted octanol–water partition coefficient (Wildman–Crippen LogP) is 3.19. The molecule has 168 valence electrons. The van der Waals surface area contributed by atoms with Gasteiger partial charge in [-0.1, -0.05) is 0 Å². The Balaban J connectivity index is 2.05. The van der Waals surface area contributed by atoms with Gasteiger partial charge >= 0.3 is 12.1 Å². The van der Waals surface area contributed by atoms with Crippen molar-refractivity contribution in [2.45, 2.75) is 91.0 Å². The van der Waals surface area contributed by atoms with Gasteiger partial charge in [0.15, 0.2) is 0 Å². The van der Waals surface area contributed by atoms with Gasteiger partial charge in [0.05, 0.1) is 18.0 Å². The van der Waals surface area contributed by atoms with Crippen molar-refractivity contribution in [1.82, 2.24) is 15.3 Å². The summed E-state index contributed by atoms with van der Waals surface area (Å²) in [6.07, 6.45) is -0.400. The van der Waals surface area contributed by atoms with E-state index in [-0.39, 0.29) is 19.1 Å². The van der Waals surface area contributed by atoms with Crippen LogP contribution in [0.15, 0.2) is 0 Å². The molecular weight excluding hydrogens is 384 g/mol. The average molecular weight is 420 g/mol. The van der Waals surface area contributed by atoms with Gasteiger partial charge < -0.3 is 9.47 Å². The van der Waals surface area contributed by atoms with E-state index in [0.717, 1.165) is 4.90 Å². The number of carbonyl (C=O) groups excluding carboxylic acids is 2. The molecule has 0 aromatic heterocycles. The first-order chi connectivity index (χ1) is 12.9. The van der Waals surface area contributed by atoms with Gasteiger partial charge in [-0.25, -0.2) is 18.6 Å². The Morgan fingerprint density at radius 2 is 1.59 bits per heavy atom. The lowest BCUT2D eigenvalue weighted by molar-refractivity contribution is -0.166. The van der Waals surface area contributed by atoms with Crippen LogP contribution in [-0.2, 0) is 14.3 Å². The highest BCUT2D eigenvalue weighted by molar-refractivity contribution is 5.76. The number of fused-ring (bicyclic) bond motifs is 1. The van der Waals surface area contributed by atoms with Crippen molar-refractivity contribution in [3.63, 3.8) is 0 Å². The van der Waals surface area contributed by atoms with Crippen molar-refractivity contribution < 1.29 is 27.8 Å². The molecule has 7 nitrogen and oxygen atoms in total. The largest absolute Gasteiger partial charge is 0.460 e. The minimum Gasteiger partial charge on any atom is -0.460 e. The maximum absolute atomic E-state index is 14.8. The molecule has 29 heavy (non-hydrogen) atoms. The van der Waals surface area contributed by atoms with Gasteiger partial charge in [-0.15, -0.1) is 0 Å². The summed E-state index contributed by atoms with van der Waals surface area (Å²) >= 11 is 0. The number of amides is 1. The highest BCUT2D eigenvalue weighted by Crippen LogP contribution is 2.39. The minimum atomic E-state index is -3.08. The molecule has 1 amide bonds. The first-order valence-electron chi connectivity index (χ1n) is 10.0. The molecule has 2 heterocycles. The number of alkyl halides is 2. The summed E-state index contributed by atoms with van der Waals surface area (Å²) < 4.78 is 40.3. The monoisotopic (exact) mass is 419 g/mol. The Labute approximate surface area is 172 Å². The first-order valence-corrected chi connectivity index (χ1v) is 10.0. The van der Waals surface area contributed by atoms with Gasteiger partial charge in [-0.05, 0) is 61.8 Å². The van der Waals surface area contributed by atoms with E-state index in [0.29, 0.717) is 6.42 Å². The van der Waals surface area contributed by atoms with Crippen molar-refractivity contribution in [2.75, 3.05) is 19.6 Å². The normalized spacial score (nSPS) is 25.1. The van der Waals surface area contributed by atoms with Crippen LogP contribution in [0.1, 0.15) is 61.8 Å². The summed E-state index contributed by atoms with van der Waals surface area (Å²) in [4.78, 5) is 25.9. The summed E-state index contributed by atoms with van der Waals surface area (Å²) in [6, 6.07) is -1.85. The molecule has 0 spiro atoms. The van der Waals surface area contributed by atoms with Gasteiger partial charge in [-0.2, -0.15) is 0 Å². The predicted molar refractivity (Wildman–Crippen MR) is 104 cm³/mol. The molecule has 0 aliphatic carbocycles. The van der Waals surface area contributed by atoms with Crippen LogP contribution in [0.4, 0.5) is 13.6 Å². The van der Waals surface area contributed by atoms with Crippen LogP contribution >= 0.6 is 0 Å². The number of nitrogens with zero attached hydrogens (tertiary/aromatic N) is 2. The van der Waals surface area contributed by atoms with Crippen molar-refractivity contribution in [2.24, 2.45) is 5.41 Å². The lowest BCUT2D eigenvalue weighted by Crippen LogP contribution is -2.49. The number of hydrogen-bond donors (Lipinski definition) is 1. The molecule has 0 saturated carbocycles. The molecule has 0 aromatic carbocycles. The molecular formula is C20H35F2N3O4. The second kappa shape index (κ2) is 7.65. The van der Waals surface area contributed by atoms with Crippen molar-refractivity contribution in [1.29, 1.82) is 0 Å². The van der Waals surface area contributed by atoms with Crippen LogP contribution in [0.2, 0.25) is 0 Å². The first kappa shape index (κ1) is 23.8. The fourth-order valence-corrected chi connectivity index (χ4v) is 3.51. The minimum absolute atomic E-state index is 0.215. The molecule has 2 unspecified atom stereocenters. The third-order valence-corrected chi connectivity index (χ3v) is 4.98. The maximum Gasteiger partial charge on any atom is 0.410 e. The zero-order valence-electron chi connectivity index (χ0n) is 18.8.